The van der Waals surface area contributed by atoms with Gasteiger partial charge in [0.15, 0.2) is 0 Å². The third kappa shape index (κ3) is 4.04. The van der Waals surface area contributed by atoms with E-state index in [0.29, 0.717) is 17.8 Å². The Balaban J connectivity index is 1.68. The molecule has 1 amide bonds. The van der Waals surface area contributed by atoms with E-state index in [2.05, 4.69) is 5.32 Å². The largest absolute Gasteiger partial charge is 0.350 e. The van der Waals surface area contributed by atoms with E-state index in [4.69, 9.17) is 0 Å². The minimum absolute atomic E-state index is 0.0704. The molecule has 126 valence electrons. The van der Waals surface area contributed by atoms with Crippen LogP contribution in [0.2, 0.25) is 0 Å². The maximum absolute atomic E-state index is 12.8. The van der Waals surface area contributed by atoms with Gasteiger partial charge in [0.25, 0.3) is 0 Å². The van der Waals surface area contributed by atoms with Crippen molar-refractivity contribution >= 4 is 11.7 Å². The second-order valence-corrected chi connectivity index (χ2v) is 5.93. The molecule has 0 aliphatic carbocycles. The van der Waals surface area contributed by atoms with Gasteiger partial charge in [0.1, 0.15) is 6.54 Å². The second kappa shape index (κ2) is 7.62. The van der Waals surface area contributed by atoms with E-state index < -0.39 is 0 Å². The number of amides is 1. The zero-order chi connectivity index (χ0) is 17.6. The summed E-state index contributed by atoms with van der Waals surface area (Å²) in [5.74, 6) is -0.196. The van der Waals surface area contributed by atoms with Gasteiger partial charge >= 0.3 is 0 Å². The number of ketones is 1. The first-order chi connectivity index (χ1) is 12.1. The average Bonchev–Trinajstić information content (AvgIpc) is 3.09. The summed E-state index contributed by atoms with van der Waals surface area (Å²) in [6, 6.07) is 20.7. The maximum Gasteiger partial charge on any atom is 0.240 e. The molecule has 0 bridgehead atoms. The van der Waals surface area contributed by atoms with Crippen LogP contribution in [0, 0.1) is 6.92 Å². The van der Waals surface area contributed by atoms with Crippen LogP contribution in [0.15, 0.2) is 72.9 Å². The monoisotopic (exact) mass is 332 g/mol. The lowest BCUT2D eigenvalue weighted by Crippen LogP contribution is -2.28. The molecule has 0 saturated heterocycles. The van der Waals surface area contributed by atoms with E-state index in [1.54, 1.807) is 22.9 Å². The Hall–Kier alpha value is -3.14. The SMILES string of the molecule is Cc1ccccc1C(=O)c1cccn1CC(=O)NCc1ccccc1. The van der Waals surface area contributed by atoms with Crippen LogP contribution in [0.25, 0.3) is 0 Å². The van der Waals surface area contributed by atoms with Crippen molar-refractivity contribution in [2.45, 2.75) is 20.0 Å². The lowest BCUT2D eigenvalue weighted by Gasteiger charge is -2.10. The summed E-state index contributed by atoms with van der Waals surface area (Å²) in [7, 11) is 0. The van der Waals surface area contributed by atoms with Crippen molar-refractivity contribution in [2.75, 3.05) is 0 Å². The molecule has 3 aromatic rings. The Bertz CT molecular complexity index is 882. The zero-order valence-corrected chi connectivity index (χ0v) is 14.1. The first-order valence-corrected chi connectivity index (χ1v) is 8.21. The Morgan fingerprint density at radius 2 is 1.64 bits per heavy atom. The third-order valence-electron chi connectivity index (χ3n) is 4.10. The predicted octanol–water partition coefficient (Wildman–Crippen LogP) is 3.34. The molecular formula is C21H20N2O2. The highest BCUT2D eigenvalue weighted by Gasteiger charge is 2.16. The molecule has 0 unspecified atom stereocenters. The van der Waals surface area contributed by atoms with Gasteiger partial charge in [-0.05, 0) is 30.2 Å². The molecule has 0 fully saturated rings. The standard InChI is InChI=1S/C21H20N2O2/c1-16-8-5-6-11-18(16)21(25)19-12-7-13-23(19)15-20(24)22-14-17-9-3-2-4-10-17/h2-13H,14-15H2,1H3,(H,22,24). The molecule has 0 radical (unpaired) electrons. The minimum atomic E-state index is -0.126. The molecular weight excluding hydrogens is 312 g/mol. The molecule has 1 heterocycles. The summed E-state index contributed by atoms with van der Waals surface area (Å²) in [5.41, 5.74) is 3.14. The van der Waals surface area contributed by atoms with Gasteiger partial charge < -0.3 is 9.88 Å². The Labute approximate surface area is 147 Å². The van der Waals surface area contributed by atoms with Gasteiger partial charge in [-0.2, -0.15) is 0 Å². The third-order valence-corrected chi connectivity index (χ3v) is 4.10. The lowest BCUT2D eigenvalue weighted by molar-refractivity contribution is -0.121. The van der Waals surface area contributed by atoms with Crippen molar-refractivity contribution in [1.29, 1.82) is 0 Å². The number of hydrogen-bond donors (Lipinski definition) is 1. The van der Waals surface area contributed by atoms with Gasteiger partial charge in [0, 0.05) is 18.3 Å². The molecule has 4 nitrogen and oxygen atoms in total. The number of hydrogen-bond acceptors (Lipinski definition) is 2. The summed E-state index contributed by atoms with van der Waals surface area (Å²) in [6.07, 6.45) is 1.76. The van der Waals surface area contributed by atoms with Crippen molar-refractivity contribution in [2.24, 2.45) is 0 Å². The molecule has 0 aliphatic rings. The lowest BCUT2D eigenvalue weighted by atomic mass is 10.0. The summed E-state index contributed by atoms with van der Waals surface area (Å²) in [6.45, 7) is 2.50. The van der Waals surface area contributed by atoms with Gasteiger partial charge in [-0.3, -0.25) is 9.59 Å². The van der Waals surface area contributed by atoms with Crippen LogP contribution in [0.4, 0.5) is 0 Å². The summed E-state index contributed by atoms with van der Waals surface area (Å²) in [5, 5.41) is 2.88. The summed E-state index contributed by atoms with van der Waals surface area (Å²) >= 11 is 0. The number of benzene rings is 2. The van der Waals surface area contributed by atoms with Crippen molar-refractivity contribution in [1.82, 2.24) is 9.88 Å². The summed E-state index contributed by atoms with van der Waals surface area (Å²) < 4.78 is 1.69. The van der Waals surface area contributed by atoms with Crippen LogP contribution in [-0.2, 0) is 17.9 Å². The van der Waals surface area contributed by atoms with Gasteiger partial charge in [-0.1, -0.05) is 54.6 Å². The zero-order valence-electron chi connectivity index (χ0n) is 14.1. The number of carbonyl (C=O) groups excluding carboxylic acids is 2. The molecule has 25 heavy (non-hydrogen) atoms. The number of nitrogens with zero attached hydrogens (tertiary/aromatic N) is 1. The Morgan fingerprint density at radius 3 is 2.40 bits per heavy atom. The van der Waals surface area contributed by atoms with Crippen LogP contribution in [-0.4, -0.2) is 16.3 Å². The highest BCUT2D eigenvalue weighted by atomic mass is 16.2. The fraction of sp³-hybridized carbons (Fsp3) is 0.143. The van der Waals surface area contributed by atoms with Crippen molar-refractivity contribution in [3.63, 3.8) is 0 Å². The fourth-order valence-corrected chi connectivity index (χ4v) is 2.73. The number of rotatable bonds is 6. The van der Waals surface area contributed by atoms with E-state index in [1.165, 1.54) is 0 Å². The number of carbonyl (C=O) groups is 2. The quantitative estimate of drug-likeness (QED) is 0.704. The normalized spacial score (nSPS) is 10.4. The van der Waals surface area contributed by atoms with E-state index in [-0.39, 0.29) is 18.2 Å². The fourth-order valence-electron chi connectivity index (χ4n) is 2.73. The topological polar surface area (TPSA) is 51.1 Å². The minimum Gasteiger partial charge on any atom is -0.350 e. The highest BCUT2D eigenvalue weighted by Crippen LogP contribution is 2.14. The van der Waals surface area contributed by atoms with Crippen molar-refractivity contribution in [3.8, 4) is 0 Å². The molecule has 3 rings (SSSR count). The molecule has 0 saturated carbocycles. The smallest absolute Gasteiger partial charge is 0.240 e. The number of aromatic nitrogens is 1. The van der Waals surface area contributed by atoms with Crippen LogP contribution < -0.4 is 5.32 Å². The molecule has 0 spiro atoms. The van der Waals surface area contributed by atoms with E-state index >= 15 is 0 Å². The molecule has 1 N–H and O–H groups in total. The molecule has 0 aliphatic heterocycles. The van der Waals surface area contributed by atoms with Crippen LogP contribution in [0.1, 0.15) is 27.2 Å². The van der Waals surface area contributed by atoms with Crippen molar-refractivity contribution in [3.05, 3.63) is 95.3 Å². The Kier molecular flexibility index (Phi) is 5.09. The first kappa shape index (κ1) is 16.7. The number of nitrogens with one attached hydrogen (secondary N) is 1. The van der Waals surface area contributed by atoms with E-state index in [9.17, 15) is 9.59 Å². The molecule has 1 aromatic heterocycles. The number of aryl methyl sites for hydroxylation is 1. The van der Waals surface area contributed by atoms with Crippen LogP contribution in [0.3, 0.4) is 0 Å². The van der Waals surface area contributed by atoms with Crippen molar-refractivity contribution < 1.29 is 9.59 Å². The van der Waals surface area contributed by atoms with Gasteiger partial charge in [-0.25, -0.2) is 0 Å². The predicted molar refractivity (Wildman–Crippen MR) is 97.3 cm³/mol. The Morgan fingerprint density at radius 1 is 0.920 bits per heavy atom. The average molecular weight is 332 g/mol. The van der Waals surface area contributed by atoms with E-state index in [1.807, 2.05) is 61.5 Å². The van der Waals surface area contributed by atoms with Gasteiger partial charge in [0.2, 0.25) is 11.7 Å². The highest BCUT2D eigenvalue weighted by molar-refractivity contribution is 6.09. The molecule has 2 aromatic carbocycles. The second-order valence-electron chi connectivity index (χ2n) is 5.93. The molecule has 0 atom stereocenters. The maximum atomic E-state index is 12.8. The van der Waals surface area contributed by atoms with Crippen LogP contribution in [0.5, 0.6) is 0 Å². The summed E-state index contributed by atoms with van der Waals surface area (Å²) in [4.78, 5) is 25.0. The molecule has 4 heteroatoms. The first-order valence-electron chi connectivity index (χ1n) is 8.21. The van der Waals surface area contributed by atoms with Gasteiger partial charge in [-0.15, -0.1) is 0 Å². The van der Waals surface area contributed by atoms with E-state index in [0.717, 1.165) is 11.1 Å². The van der Waals surface area contributed by atoms with Crippen LogP contribution >= 0.6 is 0 Å². The van der Waals surface area contributed by atoms with Gasteiger partial charge in [0.05, 0.1) is 5.69 Å².